The highest BCUT2D eigenvalue weighted by atomic mass is 16.5. The average molecular weight is 274 g/mol. The van der Waals surface area contributed by atoms with Crippen molar-refractivity contribution in [2.24, 2.45) is 7.05 Å². The molecular formula is C14H18N4O2. The van der Waals surface area contributed by atoms with Gasteiger partial charge < -0.3 is 9.30 Å². The van der Waals surface area contributed by atoms with E-state index in [2.05, 4.69) is 15.0 Å². The SMILES string of the molecule is CCCc1nc(-c2cncn2C)ncc1C(=O)OCC. The van der Waals surface area contributed by atoms with Gasteiger partial charge >= 0.3 is 5.97 Å². The van der Waals surface area contributed by atoms with E-state index in [4.69, 9.17) is 4.74 Å². The summed E-state index contributed by atoms with van der Waals surface area (Å²) < 4.78 is 6.88. The molecule has 106 valence electrons. The molecule has 2 aromatic heterocycles. The van der Waals surface area contributed by atoms with Gasteiger partial charge in [-0.25, -0.2) is 19.7 Å². The molecule has 0 bridgehead atoms. The number of carbonyl (C=O) groups is 1. The summed E-state index contributed by atoms with van der Waals surface area (Å²) in [5.74, 6) is 0.203. The number of esters is 1. The minimum atomic E-state index is -0.368. The summed E-state index contributed by atoms with van der Waals surface area (Å²) in [6.07, 6.45) is 6.54. The Hall–Kier alpha value is -2.24. The highest BCUT2D eigenvalue weighted by molar-refractivity contribution is 5.90. The Morgan fingerprint density at radius 2 is 2.15 bits per heavy atom. The largest absolute Gasteiger partial charge is 0.462 e. The maximum atomic E-state index is 11.9. The topological polar surface area (TPSA) is 69.9 Å². The van der Waals surface area contributed by atoms with Crippen LogP contribution in [0.25, 0.3) is 11.5 Å². The molecule has 0 aromatic carbocycles. The first kappa shape index (κ1) is 14.2. The monoisotopic (exact) mass is 274 g/mol. The highest BCUT2D eigenvalue weighted by Crippen LogP contribution is 2.17. The number of hydrogen-bond donors (Lipinski definition) is 0. The molecule has 0 aliphatic carbocycles. The zero-order valence-electron chi connectivity index (χ0n) is 12.0. The standard InChI is InChI=1S/C14H18N4O2/c1-4-6-11-10(14(19)20-5-2)7-16-13(17-11)12-8-15-9-18(12)3/h7-9H,4-6H2,1-3H3. The van der Waals surface area contributed by atoms with Gasteiger partial charge in [0.1, 0.15) is 5.69 Å². The van der Waals surface area contributed by atoms with Gasteiger partial charge in [0.15, 0.2) is 5.82 Å². The van der Waals surface area contributed by atoms with Gasteiger partial charge in [0.25, 0.3) is 0 Å². The lowest BCUT2D eigenvalue weighted by Gasteiger charge is -2.09. The van der Waals surface area contributed by atoms with E-state index in [-0.39, 0.29) is 5.97 Å². The molecule has 0 aliphatic heterocycles. The molecule has 20 heavy (non-hydrogen) atoms. The minimum absolute atomic E-state index is 0.341. The van der Waals surface area contributed by atoms with Crippen molar-refractivity contribution in [3.63, 3.8) is 0 Å². The molecule has 0 fully saturated rings. The van der Waals surface area contributed by atoms with Crippen LogP contribution in [0.1, 0.15) is 36.3 Å². The van der Waals surface area contributed by atoms with Crippen LogP contribution in [0.5, 0.6) is 0 Å². The molecule has 2 aromatic rings. The molecule has 6 nitrogen and oxygen atoms in total. The molecule has 0 unspecified atom stereocenters. The van der Waals surface area contributed by atoms with Crippen molar-refractivity contribution in [2.45, 2.75) is 26.7 Å². The van der Waals surface area contributed by atoms with Crippen LogP contribution in [0.15, 0.2) is 18.7 Å². The summed E-state index contributed by atoms with van der Waals surface area (Å²) in [7, 11) is 1.88. The molecule has 0 saturated heterocycles. The normalized spacial score (nSPS) is 10.6. The molecule has 0 atom stereocenters. The first-order valence-corrected chi connectivity index (χ1v) is 6.67. The zero-order chi connectivity index (χ0) is 14.5. The maximum absolute atomic E-state index is 11.9. The van der Waals surface area contributed by atoms with Gasteiger partial charge in [-0.1, -0.05) is 13.3 Å². The van der Waals surface area contributed by atoms with E-state index < -0.39 is 0 Å². The Bertz CT molecular complexity index is 607. The van der Waals surface area contributed by atoms with Gasteiger partial charge in [-0.05, 0) is 13.3 Å². The second-order valence-electron chi connectivity index (χ2n) is 4.41. The molecule has 0 spiro atoms. The number of ether oxygens (including phenoxy) is 1. The average Bonchev–Trinajstić information content (AvgIpc) is 2.85. The minimum Gasteiger partial charge on any atom is -0.462 e. The fourth-order valence-electron chi connectivity index (χ4n) is 1.92. The van der Waals surface area contributed by atoms with Crippen LogP contribution >= 0.6 is 0 Å². The molecule has 0 aliphatic rings. The second-order valence-corrected chi connectivity index (χ2v) is 4.41. The number of rotatable bonds is 5. The van der Waals surface area contributed by atoms with Gasteiger partial charge in [-0.3, -0.25) is 0 Å². The van der Waals surface area contributed by atoms with Crippen LogP contribution in [0, 0.1) is 0 Å². The van der Waals surface area contributed by atoms with Gasteiger partial charge in [0.05, 0.1) is 30.4 Å². The molecule has 0 radical (unpaired) electrons. The van der Waals surface area contributed by atoms with Crippen molar-refractivity contribution < 1.29 is 9.53 Å². The van der Waals surface area contributed by atoms with Crippen LogP contribution < -0.4 is 0 Å². The summed E-state index contributed by atoms with van der Waals surface area (Å²) in [4.78, 5) is 24.7. The molecule has 0 N–H and O–H groups in total. The number of carbonyl (C=O) groups excluding carboxylic acids is 1. The van der Waals surface area contributed by atoms with E-state index >= 15 is 0 Å². The summed E-state index contributed by atoms with van der Waals surface area (Å²) >= 11 is 0. The summed E-state index contributed by atoms with van der Waals surface area (Å²) in [6, 6.07) is 0. The summed E-state index contributed by atoms with van der Waals surface area (Å²) in [5, 5.41) is 0. The van der Waals surface area contributed by atoms with E-state index in [0.29, 0.717) is 24.4 Å². The predicted molar refractivity (Wildman–Crippen MR) is 74.2 cm³/mol. The quantitative estimate of drug-likeness (QED) is 0.780. The Morgan fingerprint density at radius 3 is 2.75 bits per heavy atom. The number of imidazole rings is 1. The Labute approximate surface area is 117 Å². The van der Waals surface area contributed by atoms with Gasteiger partial charge in [-0.15, -0.1) is 0 Å². The van der Waals surface area contributed by atoms with E-state index in [1.165, 1.54) is 0 Å². The third kappa shape index (κ3) is 2.84. The number of nitrogens with zero attached hydrogens (tertiary/aromatic N) is 4. The summed E-state index contributed by atoms with van der Waals surface area (Å²) in [5.41, 5.74) is 1.98. The van der Waals surface area contributed by atoms with Crippen molar-refractivity contribution in [2.75, 3.05) is 6.61 Å². The smallest absolute Gasteiger partial charge is 0.341 e. The van der Waals surface area contributed by atoms with Crippen LogP contribution in [0.2, 0.25) is 0 Å². The lowest BCUT2D eigenvalue weighted by Crippen LogP contribution is -2.11. The van der Waals surface area contributed by atoms with E-state index in [1.807, 2.05) is 18.5 Å². The number of hydrogen-bond acceptors (Lipinski definition) is 5. The lowest BCUT2D eigenvalue weighted by atomic mass is 10.1. The fourth-order valence-corrected chi connectivity index (χ4v) is 1.92. The van der Waals surface area contributed by atoms with E-state index in [9.17, 15) is 4.79 Å². The third-order valence-electron chi connectivity index (χ3n) is 2.90. The van der Waals surface area contributed by atoms with Crippen molar-refractivity contribution in [1.29, 1.82) is 0 Å². The molecule has 0 amide bonds. The molecule has 0 saturated carbocycles. The molecular weight excluding hydrogens is 256 g/mol. The van der Waals surface area contributed by atoms with Crippen molar-refractivity contribution >= 4 is 5.97 Å². The molecule has 6 heteroatoms. The van der Waals surface area contributed by atoms with Crippen LogP contribution in [0.3, 0.4) is 0 Å². The molecule has 2 heterocycles. The van der Waals surface area contributed by atoms with Gasteiger partial charge in [0.2, 0.25) is 0 Å². The first-order chi connectivity index (χ1) is 9.67. The summed E-state index contributed by atoms with van der Waals surface area (Å²) in [6.45, 7) is 4.16. The first-order valence-electron chi connectivity index (χ1n) is 6.67. The van der Waals surface area contributed by atoms with Crippen molar-refractivity contribution in [1.82, 2.24) is 19.5 Å². The zero-order valence-corrected chi connectivity index (χ0v) is 12.0. The third-order valence-corrected chi connectivity index (χ3v) is 2.90. The van der Waals surface area contributed by atoms with Gasteiger partial charge in [-0.2, -0.15) is 0 Å². The maximum Gasteiger partial charge on any atom is 0.341 e. The highest BCUT2D eigenvalue weighted by Gasteiger charge is 2.16. The van der Waals surface area contributed by atoms with E-state index in [0.717, 1.165) is 17.8 Å². The predicted octanol–water partition coefficient (Wildman–Crippen LogP) is 2.01. The van der Waals surface area contributed by atoms with Crippen molar-refractivity contribution in [3.8, 4) is 11.5 Å². The molecule has 2 rings (SSSR count). The Balaban J connectivity index is 2.42. The fraction of sp³-hybridized carbons (Fsp3) is 0.429. The van der Waals surface area contributed by atoms with Crippen LogP contribution in [-0.4, -0.2) is 32.1 Å². The Kier molecular flexibility index (Phi) is 4.45. The number of aromatic nitrogens is 4. The second kappa shape index (κ2) is 6.27. The van der Waals surface area contributed by atoms with Crippen molar-refractivity contribution in [3.05, 3.63) is 30.0 Å². The van der Waals surface area contributed by atoms with Crippen LogP contribution in [0.4, 0.5) is 0 Å². The van der Waals surface area contributed by atoms with Crippen LogP contribution in [-0.2, 0) is 18.2 Å². The number of aryl methyl sites for hydroxylation is 2. The van der Waals surface area contributed by atoms with E-state index in [1.54, 1.807) is 25.6 Å². The van der Waals surface area contributed by atoms with Gasteiger partial charge in [0, 0.05) is 13.2 Å². The Morgan fingerprint density at radius 1 is 1.35 bits per heavy atom. The lowest BCUT2D eigenvalue weighted by molar-refractivity contribution is 0.0524.